The molecule has 0 spiro atoms. The van der Waals surface area contributed by atoms with Crippen molar-refractivity contribution in [3.05, 3.63) is 29.8 Å². The van der Waals surface area contributed by atoms with Gasteiger partial charge in [-0.05, 0) is 44.4 Å². The average molecular weight is 292 g/mol. The summed E-state index contributed by atoms with van der Waals surface area (Å²) in [6.45, 7) is 5.13. The summed E-state index contributed by atoms with van der Waals surface area (Å²) in [4.78, 5) is 24.4. The number of amides is 2. The normalized spacial score (nSPS) is 11.0. The van der Waals surface area contributed by atoms with E-state index in [1.165, 1.54) is 31.4 Å². The van der Waals surface area contributed by atoms with Gasteiger partial charge in [0.05, 0.1) is 0 Å². The van der Waals surface area contributed by atoms with Crippen LogP contribution in [0.1, 0.15) is 39.2 Å². The van der Waals surface area contributed by atoms with Crippen LogP contribution in [-0.4, -0.2) is 34.6 Å². The molecule has 5 nitrogen and oxygen atoms in total. The van der Waals surface area contributed by atoms with E-state index in [0.29, 0.717) is 5.69 Å². The molecule has 0 aliphatic heterocycles. The van der Waals surface area contributed by atoms with Crippen LogP contribution in [0.3, 0.4) is 0 Å². The number of nitrogens with one attached hydrogen (secondary N) is 1. The number of likely N-dealkylation sites (N-methyl/N-ethyl adjacent to an activating group) is 1. The molecule has 2 N–H and O–H groups in total. The molecule has 1 rings (SSSR count). The van der Waals surface area contributed by atoms with E-state index < -0.39 is 17.5 Å². The lowest BCUT2D eigenvalue weighted by atomic mass is 10.0. The summed E-state index contributed by atoms with van der Waals surface area (Å²) in [5.74, 6) is -1.05. The molecule has 0 atom stereocenters. The van der Waals surface area contributed by atoms with E-state index in [2.05, 4.69) is 12.2 Å². The Hall–Kier alpha value is -2.04. The van der Waals surface area contributed by atoms with E-state index in [0.717, 1.165) is 19.3 Å². The molecule has 0 bridgehead atoms. The maximum atomic E-state index is 12.1. The van der Waals surface area contributed by atoms with Gasteiger partial charge in [-0.2, -0.15) is 0 Å². The Balaban J connectivity index is 2.68. The summed E-state index contributed by atoms with van der Waals surface area (Å²) in [6, 6.07) is 7.19. The number of benzene rings is 1. The zero-order chi connectivity index (χ0) is 16.0. The number of carbonyl (C=O) groups excluding carboxylic acids is 1. The Labute approximate surface area is 126 Å². The second-order valence-electron chi connectivity index (χ2n) is 5.65. The SMILES string of the molecule is CCCCc1ccc(NC(=O)N(C)C(C)(C)C(=O)O)cc1. The van der Waals surface area contributed by atoms with E-state index in [1.54, 1.807) is 0 Å². The molecule has 0 fully saturated rings. The van der Waals surface area contributed by atoms with Crippen molar-refractivity contribution < 1.29 is 14.7 Å². The van der Waals surface area contributed by atoms with Gasteiger partial charge < -0.3 is 15.3 Å². The Morgan fingerprint density at radius 2 is 1.81 bits per heavy atom. The lowest BCUT2D eigenvalue weighted by Crippen LogP contribution is -2.52. The fourth-order valence-electron chi connectivity index (χ4n) is 1.74. The van der Waals surface area contributed by atoms with E-state index in [4.69, 9.17) is 5.11 Å². The number of aliphatic carboxylic acids is 1. The molecular formula is C16H24N2O3. The molecule has 1 aromatic carbocycles. The van der Waals surface area contributed by atoms with Gasteiger partial charge in [0.1, 0.15) is 5.54 Å². The standard InChI is InChI=1S/C16H24N2O3/c1-5-6-7-12-8-10-13(11-9-12)17-15(21)18(4)16(2,3)14(19)20/h8-11H,5-7H2,1-4H3,(H,17,21)(H,19,20). The van der Waals surface area contributed by atoms with Crippen LogP contribution in [0.4, 0.5) is 10.5 Å². The van der Waals surface area contributed by atoms with Crippen molar-refractivity contribution in [2.24, 2.45) is 0 Å². The number of hydrogen-bond donors (Lipinski definition) is 2. The highest BCUT2D eigenvalue weighted by Gasteiger charge is 2.35. The molecule has 0 unspecified atom stereocenters. The second-order valence-corrected chi connectivity index (χ2v) is 5.65. The third-order valence-corrected chi connectivity index (χ3v) is 3.69. The van der Waals surface area contributed by atoms with Crippen molar-refractivity contribution >= 4 is 17.7 Å². The smallest absolute Gasteiger partial charge is 0.329 e. The van der Waals surface area contributed by atoms with Crippen molar-refractivity contribution in [1.29, 1.82) is 0 Å². The van der Waals surface area contributed by atoms with Crippen LogP contribution in [0.5, 0.6) is 0 Å². The van der Waals surface area contributed by atoms with Gasteiger partial charge in [0.25, 0.3) is 0 Å². The van der Waals surface area contributed by atoms with Crippen molar-refractivity contribution in [1.82, 2.24) is 4.90 Å². The highest BCUT2D eigenvalue weighted by molar-refractivity contribution is 5.93. The molecule has 0 radical (unpaired) electrons. The topological polar surface area (TPSA) is 69.6 Å². The summed E-state index contributed by atoms with van der Waals surface area (Å²) in [7, 11) is 1.47. The molecule has 5 heteroatoms. The first kappa shape index (κ1) is 17.0. The van der Waals surface area contributed by atoms with Crippen molar-refractivity contribution in [2.75, 3.05) is 12.4 Å². The first-order valence-corrected chi connectivity index (χ1v) is 7.16. The fraction of sp³-hybridized carbons (Fsp3) is 0.500. The average Bonchev–Trinajstić information content (AvgIpc) is 2.45. The van der Waals surface area contributed by atoms with E-state index in [9.17, 15) is 9.59 Å². The Morgan fingerprint density at radius 3 is 2.29 bits per heavy atom. The minimum Gasteiger partial charge on any atom is -0.480 e. The van der Waals surface area contributed by atoms with E-state index in [1.807, 2.05) is 24.3 Å². The van der Waals surface area contributed by atoms with Gasteiger partial charge in [-0.25, -0.2) is 9.59 Å². The molecule has 2 amide bonds. The number of unbranched alkanes of at least 4 members (excludes halogenated alkanes) is 1. The maximum Gasteiger partial charge on any atom is 0.329 e. The quantitative estimate of drug-likeness (QED) is 0.844. The number of hydrogen-bond acceptors (Lipinski definition) is 2. The minimum absolute atomic E-state index is 0.441. The number of carboxylic acid groups (broad SMARTS) is 1. The van der Waals surface area contributed by atoms with Crippen molar-refractivity contribution in [3.8, 4) is 0 Å². The summed E-state index contributed by atoms with van der Waals surface area (Å²) < 4.78 is 0. The van der Waals surface area contributed by atoms with Gasteiger partial charge in [-0.15, -0.1) is 0 Å². The lowest BCUT2D eigenvalue weighted by Gasteiger charge is -2.31. The molecule has 116 valence electrons. The zero-order valence-corrected chi connectivity index (χ0v) is 13.1. The molecule has 0 heterocycles. The van der Waals surface area contributed by atoms with Gasteiger partial charge in [0.15, 0.2) is 0 Å². The highest BCUT2D eigenvalue weighted by atomic mass is 16.4. The first-order chi connectivity index (χ1) is 9.78. The number of carbonyl (C=O) groups is 2. The third-order valence-electron chi connectivity index (χ3n) is 3.69. The summed E-state index contributed by atoms with van der Waals surface area (Å²) >= 11 is 0. The number of rotatable bonds is 6. The monoisotopic (exact) mass is 292 g/mol. The fourth-order valence-corrected chi connectivity index (χ4v) is 1.74. The molecule has 0 saturated carbocycles. The van der Waals surface area contributed by atoms with E-state index >= 15 is 0 Å². The van der Waals surface area contributed by atoms with Crippen molar-refractivity contribution in [2.45, 2.75) is 45.6 Å². The van der Waals surface area contributed by atoms with Gasteiger partial charge in [-0.1, -0.05) is 25.5 Å². The van der Waals surface area contributed by atoms with Crippen LogP contribution in [0, 0.1) is 0 Å². The molecular weight excluding hydrogens is 268 g/mol. The van der Waals surface area contributed by atoms with E-state index in [-0.39, 0.29) is 0 Å². The largest absolute Gasteiger partial charge is 0.480 e. The Kier molecular flexibility index (Phi) is 5.76. The number of carboxylic acids is 1. The van der Waals surface area contributed by atoms with Gasteiger partial charge >= 0.3 is 12.0 Å². The third kappa shape index (κ3) is 4.48. The zero-order valence-electron chi connectivity index (χ0n) is 13.1. The highest BCUT2D eigenvalue weighted by Crippen LogP contribution is 2.16. The molecule has 21 heavy (non-hydrogen) atoms. The van der Waals surface area contributed by atoms with Crippen LogP contribution in [0.15, 0.2) is 24.3 Å². The summed E-state index contributed by atoms with van der Waals surface area (Å²) in [5, 5.41) is 11.8. The Bertz CT molecular complexity index is 495. The Morgan fingerprint density at radius 1 is 1.24 bits per heavy atom. The number of nitrogens with zero attached hydrogens (tertiary/aromatic N) is 1. The van der Waals surface area contributed by atoms with Crippen LogP contribution >= 0.6 is 0 Å². The molecule has 0 saturated heterocycles. The van der Waals surface area contributed by atoms with Gasteiger partial charge in [-0.3, -0.25) is 0 Å². The molecule has 0 aliphatic carbocycles. The van der Waals surface area contributed by atoms with Crippen LogP contribution in [-0.2, 0) is 11.2 Å². The number of aryl methyl sites for hydroxylation is 1. The van der Waals surface area contributed by atoms with Crippen LogP contribution in [0.2, 0.25) is 0 Å². The predicted molar refractivity (Wildman–Crippen MR) is 83.6 cm³/mol. The predicted octanol–water partition coefficient (Wildman–Crippen LogP) is 3.36. The molecule has 0 aliphatic rings. The van der Waals surface area contributed by atoms with Crippen LogP contribution < -0.4 is 5.32 Å². The first-order valence-electron chi connectivity index (χ1n) is 7.16. The van der Waals surface area contributed by atoms with Crippen LogP contribution in [0.25, 0.3) is 0 Å². The maximum absolute atomic E-state index is 12.1. The van der Waals surface area contributed by atoms with Crippen molar-refractivity contribution in [3.63, 3.8) is 0 Å². The van der Waals surface area contributed by atoms with Gasteiger partial charge in [0.2, 0.25) is 0 Å². The number of anilines is 1. The molecule has 1 aromatic rings. The summed E-state index contributed by atoms with van der Waals surface area (Å²) in [6.07, 6.45) is 3.31. The second kappa shape index (κ2) is 7.11. The number of urea groups is 1. The molecule has 0 aromatic heterocycles. The minimum atomic E-state index is -1.26. The van der Waals surface area contributed by atoms with Gasteiger partial charge in [0, 0.05) is 12.7 Å². The summed E-state index contributed by atoms with van der Waals surface area (Å²) in [5.41, 5.74) is 0.632. The lowest BCUT2D eigenvalue weighted by molar-refractivity contribution is -0.146.